The van der Waals surface area contributed by atoms with E-state index in [0.717, 1.165) is 18.2 Å². The first-order chi connectivity index (χ1) is 8.36. The molecule has 4 nitrogen and oxygen atoms in total. The van der Waals surface area contributed by atoms with Crippen molar-refractivity contribution < 1.29 is 0 Å². The first-order valence-corrected chi connectivity index (χ1v) is 6.21. The van der Waals surface area contributed by atoms with Crippen LogP contribution >= 0.6 is 0 Å². The maximum atomic E-state index is 9.02. The number of nitrogens with one attached hydrogen (secondary N) is 1. The Labute approximate surface area is 101 Å². The maximum absolute atomic E-state index is 9.02. The molecule has 3 saturated heterocycles. The van der Waals surface area contributed by atoms with Crippen molar-refractivity contribution in [1.29, 1.82) is 5.26 Å². The summed E-state index contributed by atoms with van der Waals surface area (Å²) in [5.74, 6) is 0.756. The van der Waals surface area contributed by atoms with Gasteiger partial charge in [0.2, 0.25) is 0 Å². The highest BCUT2D eigenvalue weighted by molar-refractivity contribution is 5.54. The summed E-state index contributed by atoms with van der Waals surface area (Å²) >= 11 is 0. The fourth-order valence-corrected chi connectivity index (χ4v) is 2.94. The largest absolute Gasteiger partial charge is 0.378 e. The van der Waals surface area contributed by atoms with Crippen molar-refractivity contribution in [2.45, 2.75) is 18.9 Å². The molecule has 3 aliphatic rings. The number of hydrogen-bond acceptors (Lipinski definition) is 4. The molecular formula is C13H16N4. The van der Waals surface area contributed by atoms with Crippen LogP contribution in [0, 0.1) is 17.2 Å². The quantitative estimate of drug-likeness (QED) is 0.832. The monoisotopic (exact) mass is 228 g/mol. The number of piperidine rings is 3. The van der Waals surface area contributed by atoms with Crippen LogP contribution < -0.4 is 5.32 Å². The summed E-state index contributed by atoms with van der Waals surface area (Å²) in [6.45, 7) is 3.58. The highest BCUT2D eigenvalue weighted by Crippen LogP contribution is 2.30. The molecular weight excluding hydrogens is 212 g/mol. The van der Waals surface area contributed by atoms with Crippen molar-refractivity contribution in [2.24, 2.45) is 5.92 Å². The molecule has 1 atom stereocenters. The average Bonchev–Trinajstić information content (AvgIpc) is 2.41. The van der Waals surface area contributed by atoms with E-state index in [1.54, 1.807) is 6.20 Å². The van der Waals surface area contributed by atoms with Crippen LogP contribution in [0.4, 0.5) is 5.69 Å². The molecule has 0 aromatic carbocycles. The Morgan fingerprint density at radius 1 is 1.41 bits per heavy atom. The second kappa shape index (κ2) is 4.34. The molecule has 3 fully saturated rings. The minimum atomic E-state index is 0.480. The Morgan fingerprint density at radius 3 is 2.88 bits per heavy atom. The number of rotatable bonds is 2. The van der Waals surface area contributed by atoms with Gasteiger partial charge in [-0.3, -0.25) is 0 Å². The van der Waals surface area contributed by atoms with Gasteiger partial charge in [-0.05, 0) is 44.0 Å². The third-order valence-corrected chi connectivity index (χ3v) is 3.91. The maximum Gasteiger partial charge on any atom is 0.163 e. The van der Waals surface area contributed by atoms with E-state index in [9.17, 15) is 0 Å². The third kappa shape index (κ3) is 1.98. The zero-order chi connectivity index (χ0) is 11.7. The minimum absolute atomic E-state index is 0.480. The number of anilines is 1. The van der Waals surface area contributed by atoms with Crippen molar-refractivity contribution in [2.75, 3.05) is 25.0 Å². The van der Waals surface area contributed by atoms with E-state index in [1.807, 2.05) is 12.1 Å². The minimum Gasteiger partial charge on any atom is -0.378 e. The molecule has 4 heterocycles. The van der Waals surface area contributed by atoms with Gasteiger partial charge in [0.15, 0.2) is 5.69 Å². The summed E-state index contributed by atoms with van der Waals surface area (Å²) in [5, 5.41) is 12.5. The van der Waals surface area contributed by atoms with E-state index in [2.05, 4.69) is 21.3 Å². The molecule has 1 N–H and O–H groups in total. The lowest BCUT2D eigenvalue weighted by molar-refractivity contribution is 0.0975. The molecule has 1 aromatic rings. The van der Waals surface area contributed by atoms with Gasteiger partial charge < -0.3 is 10.2 Å². The van der Waals surface area contributed by atoms with Crippen LogP contribution in [-0.2, 0) is 0 Å². The summed E-state index contributed by atoms with van der Waals surface area (Å²) < 4.78 is 0. The number of fused-ring (bicyclic) bond motifs is 3. The summed E-state index contributed by atoms with van der Waals surface area (Å²) in [4.78, 5) is 6.59. The number of pyridine rings is 1. The lowest BCUT2D eigenvalue weighted by Gasteiger charge is -2.45. The van der Waals surface area contributed by atoms with Gasteiger partial charge in [-0.2, -0.15) is 5.26 Å². The zero-order valence-electron chi connectivity index (χ0n) is 9.76. The van der Waals surface area contributed by atoms with Gasteiger partial charge in [-0.1, -0.05) is 0 Å². The van der Waals surface area contributed by atoms with Gasteiger partial charge in [-0.25, -0.2) is 4.98 Å². The predicted octanol–water partition coefficient (Wildman–Crippen LogP) is 1.46. The third-order valence-electron chi connectivity index (χ3n) is 3.91. The molecule has 3 aliphatic heterocycles. The van der Waals surface area contributed by atoms with Gasteiger partial charge in [0.1, 0.15) is 6.07 Å². The van der Waals surface area contributed by atoms with Gasteiger partial charge in [0, 0.05) is 18.8 Å². The summed E-state index contributed by atoms with van der Waals surface area (Å²) in [6, 6.07) is 6.45. The Bertz CT molecular complexity index is 443. The second-order valence-corrected chi connectivity index (χ2v) is 4.90. The van der Waals surface area contributed by atoms with Crippen LogP contribution in [0.25, 0.3) is 0 Å². The van der Waals surface area contributed by atoms with Crippen molar-refractivity contribution in [3.05, 3.63) is 24.0 Å². The number of nitrogens with zero attached hydrogens (tertiary/aromatic N) is 3. The molecule has 4 rings (SSSR count). The van der Waals surface area contributed by atoms with Crippen molar-refractivity contribution in [1.82, 2.24) is 9.88 Å². The second-order valence-electron chi connectivity index (χ2n) is 4.90. The zero-order valence-corrected chi connectivity index (χ0v) is 9.76. The van der Waals surface area contributed by atoms with Gasteiger partial charge in [0.05, 0.1) is 5.69 Å². The van der Waals surface area contributed by atoms with Gasteiger partial charge >= 0.3 is 0 Å². The number of hydrogen-bond donors (Lipinski definition) is 1. The van der Waals surface area contributed by atoms with E-state index in [1.165, 1.54) is 25.9 Å². The topological polar surface area (TPSA) is 52.0 Å². The Hall–Kier alpha value is -1.60. The molecule has 88 valence electrons. The van der Waals surface area contributed by atoms with E-state index >= 15 is 0 Å². The number of aromatic nitrogens is 1. The number of nitriles is 1. The summed E-state index contributed by atoms with van der Waals surface area (Å²) in [7, 11) is 0. The van der Waals surface area contributed by atoms with Crippen LogP contribution in [0.3, 0.4) is 0 Å². The fraction of sp³-hybridized carbons (Fsp3) is 0.538. The molecule has 4 heteroatoms. The fourth-order valence-electron chi connectivity index (χ4n) is 2.94. The molecule has 1 aromatic heterocycles. The summed E-state index contributed by atoms with van der Waals surface area (Å²) in [5.41, 5.74) is 1.39. The first-order valence-electron chi connectivity index (χ1n) is 6.21. The first kappa shape index (κ1) is 10.5. The molecule has 17 heavy (non-hydrogen) atoms. The summed E-state index contributed by atoms with van der Waals surface area (Å²) in [6.07, 6.45) is 4.22. The SMILES string of the molecule is N#Cc1ncccc1NC1CN2CCC1CC2. The predicted molar refractivity (Wildman–Crippen MR) is 65.5 cm³/mol. The smallest absolute Gasteiger partial charge is 0.163 e. The lowest BCUT2D eigenvalue weighted by atomic mass is 9.84. The molecule has 0 aliphatic carbocycles. The molecule has 0 spiro atoms. The van der Waals surface area contributed by atoms with Crippen molar-refractivity contribution in [3.63, 3.8) is 0 Å². The standard InChI is InChI=1S/C13H16N4/c14-8-12-11(2-1-5-15-12)16-13-9-17-6-3-10(13)4-7-17/h1-2,5,10,13,16H,3-4,6-7,9H2. The van der Waals surface area contributed by atoms with Crippen LogP contribution in [0.1, 0.15) is 18.5 Å². The van der Waals surface area contributed by atoms with E-state index < -0.39 is 0 Å². The molecule has 0 saturated carbocycles. The highest BCUT2D eigenvalue weighted by atomic mass is 15.2. The molecule has 2 bridgehead atoms. The van der Waals surface area contributed by atoms with Crippen LogP contribution in [0.5, 0.6) is 0 Å². The van der Waals surface area contributed by atoms with Crippen LogP contribution in [0.2, 0.25) is 0 Å². The van der Waals surface area contributed by atoms with Crippen LogP contribution in [0.15, 0.2) is 18.3 Å². The Kier molecular flexibility index (Phi) is 2.69. The van der Waals surface area contributed by atoms with Gasteiger partial charge in [0.25, 0.3) is 0 Å². The van der Waals surface area contributed by atoms with Crippen molar-refractivity contribution >= 4 is 5.69 Å². The molecule has 0 amide bonds. The van der Waals surface area contributed by atoms with Crippen molar-refractivity contribution in [3.8, 4) is 6.07 Å². The molecule has 1 unspecified atom stereocenters. The Balaban J connectivity index is 1.77. The lowest BCUT2D eigenvalue weighted by Crippen LogP contribution is -2.53. The highest BCUT2D eigenvalue weighted by Gasteiger charge is 2.34. The average molecular weight is 228 g/mol. The van der Waals surface area contributed by atoms with E-state index in [-0.39, 0.29) is 0 Å². The van der Waals surface area contributed by atoms with E-state index in [4.69, 9.17) is 5.26 Å². The Morgan fingerprint density at radius 2 is 2.24 bits per heavy atom. The van der Waals surface area contributed by atoms with Gasteiger partial charge in [-0.15, -0.1) is 0 Å². The van der Waals surface area contributed by atoms with Crippen LogP contribution in [-0.4, -0.2) is 35.6 Å². The normalized spacial score (nSPS) is 30.9. The molecule has 0 radical (unpaired) electrons. The van der Waals surface area contributed by atoms with E-state index in [0.29, 0.717) is 11.7 Å².